The number of aromatic carboxylic acids is 1. The summed E-state index contributed by atoms with van der Waals surface area (Å²) in [5.41, 5.74) is 2.16. The summed E-state index contributed by atoms with van der Waals surface area (Å²) in [7, 11) is 0. The second-order valence-electron chi connectivity index (χ2n) is 4.92. The van der Waals surface area contributed by atoms with Crippen LogP contribution in [0.25, 0.3) is 10.6 Å². The fraction of sp³-hybridized carbons (Fsp3) is 0.0588. The van der Waals surface area contributed by atoms with E-state index in [1.54, 1.807) is 42.6 Å². The van der Waals surface area contributed by atoms with Gasteiger partial charge in [0.25, 0.3) is 0 Å². The lowest BCUT2D eigenvalue weighted by molar-refractivity contribution is 0.0697. The van der Waals surface area contributed by atoms with Gasteiger partial charge in [-0.15, -0.1) is 11.3 Å². The highest BCUT2D eigenvalue weighted by atomic mass is 32.2. The number of rotatable bonds is 6. The molecule has 0 aliphatic carbocycles. The van der Waals surface area contributed by atoms with Crippen molar-refractivity contribution in [1.29, 1.82) is 0 Å². The minimum absolute atomic E-state index is 0.263. The molecular formula is C17H13FN2O2S2. The molecule has 3 aromatic rings. The third kappa shape index (κ3) is 4.19. The number of nitrogens with zero attached hydrogens (tertiary/aromatic N) is 1. The van der Waals surface area contributed by atoms with Crippen LogP contribution in [0.1, 0.15) is 15.9 Å². The molecule has 7 heteroatoms. The molecule has 2 N–H and O–H groups in total. The molecule has 0 radical (unpaired) electrons. The Balaban J connectivity index is 1.55. The van der Waals surface area contributed by atoms with Gasteiger partial charge in [-0.05, 0) is 53.9 Å². The number of hydrogen-bond donors (Lipinski definition) is 2. The van der Waals surface area contributed by atoms with E-state index in [2.05, 4.69) is 9.71 Å². The Bertz CT molecular complexity index is 833. The molecule has 0 saturated carbocycles. The summed E-state index contributed by atoms with van der Waals surface area (Å²) in [6.45, 7) is 0.606. The third-order valence-corrected chi connectivity index (χ3v) is 5.16. The zero-order valence-corrected chi connectivity index (χ0v) is 14.0. The highest BCUT2D eigenvalue weighted by Crippen LogP contribution is 2.30. The van der Waals surface area contributed by atoms with Gasteiger partial charge in [0.2, 0.25) is 0 Å². The van der Waals surface area contributed by atoms with Crippen molar-refractivity contribution in [3.63, 3.8) is 0 Å². The predicted molar refractivity (Wildman–Crippen MR) is 93.6 cm³/mol. The Morgan fingerprint density at radius 3 is 2.54 bits per heavy atom. The van der Waals surface area contributed by atoms with Gasteiger partial charge in [-0.3, -0.25) is 4.72 Å². The normalized spacial score (nSPS) is 10.7. The largest absolute Gasteiger partial charge is 0.478 e. The van der Waals surface area contributed by atoms with E-state index in [9.17, 15) is 9.18 Å². The fourth-order valence-electron chi connectivity index (χ4n) is 1.99. The maximum Gasteiger partial charge on any atom is 0.335 e. The molecular weight excluding hydrogens is 347 g/mol. The molecule has 24 heavy (non-hydrogen) atoms. The zero-order chi connectivity index (χ0) is 16.9. The second-order valence-corrected chi connectivity index (χ2v) is 7.14. The van der Waals surface area contributed by atoms with Crippen LogP contribution in [0.15, 0.2) is 58.9 Å². The minimum Gasteiger partial charge on any atom is -0.478 e. The molecule has 0 bridgehead atoms. The summed E-state index contributed by atoms with van der Waals surface area (Å²) < 4.78 is 17.2. The van der Waals surface area contributed by atoms with Gasteiger partial charge in [-0.1, -0.05) is 12.1 Å². The Hall–Kier alpha value is -2.22. The number of carbonyl (C=O) groups is 1. The smallest absolute Gasteiger partial charge is 0.335 e. The van der Waals surface area contributed by atoms with Gasteiger partial charge in [0.15, 0.2) is 0 Å². The molecule has 2 aromatic carbocycles. The number of carboxylic acid groups (broad SMARTS) is 1. The SMILES string of the molecule is O=C(O)c1ccc(CNSc2cnc(-c3ccc(F)cc3)s2)cc1. The molecule has 0 aliphatic rings. The number of thiazole rings is 1. The molecule has 4 nitrogen and oxygen atoms in total. The third-order valence-electron chi connectivity index (χ3n) is 3.23. The van der Waals surface area contributed by atoms with Crippen LogP contribution in [0.5, 0.6) is 0 Å². The standard InChI is InChI=1S/C17H13FN2O2S2/c18-14-7-5-12(6-8-14)16-19-10-15(23-16)24-20-9-11-1-3-13(4-2-11)17(21)22/h1-8,10,20H,9H2,(H,21,22). The van der Waals surface area contributed by atoms with E-state index in [4.69, 9.17) is 5.11 Å². The second kappa shape index (κ2) is 7.57. The van der Waals surface area contributed by atoms with E-state index in [1.165, 1.54) is 35.4 Å². The summed E-state index contributed by atoms with van der Waals surface area (Å²) in [5, 5.41) is 9.70. The summed E-state index contributed by atoms with van der Waals surface area (Å²) in [6.07, 6.45) is 1.77. The molecule has 0 aliphatic heterocycles. The van der Waals surface area contributed by atoms with Crippen LogP contribution in [-0.2, 0) is 6.54 Å². The molecule has 1 heterocycles. The number of nitrogens with one attached hydrogen (secondary N) is 1. The first kappa shape index (κ1) is 16.6. The molecule has 0 unspecified atom stereocenters. The molecule has 0 atom stereocenters. The Labute approximate surface area is 146 Å². The van der Waals surface area contributed by atoms with Crippen LogP contribution < -0.4 is 4.72 Å². The van der Waals surface area contributed by atoms with Crippen molar-refractivity contribution in [3.8, 4) is 10.6 Å². The van der Waals surface area contributed by atoms with Crippen molar-refractivity contribution in [1.82, 2.24) is 9.71 Å². The van der Waals surface area contributed by atoms with Crippen LogP contribution in [0.4, 0.5) is 4.39 Å². The first-order valence-electron chi connectivity index (χ1n) is 7.05. The van der Waals surface area contributed by atoms with E-state index in [0.29, 0.717) is 6.54 Å². The number of halogens is 1. The highest BCUT2D eigenvalue weighted by Gasteiger charge is 2.06. The zero-order valence-electron chi connectivity index (χ0n) is 12.4. The van der Waals surface area contributed by atoms with Crippen LogP contribution in [0.2, 0.25) is 0 Å². The average Bonchev–Trinajstić information content (AvgIpc) is 3.05. The first-order valence-corrected chi connectivity index (χ1v) is 8.69. The van der Waals surface area contributed by atoms with Crippen molar-refractivity contribution in [2.45, 2.75) is 10.8 Å². The van der Waals surface area contributed by atoms with Gasteiger partial charge in [0, 0.05) is 12.1 Å². The lowest BCUT2D eigenvalue weighted by Crippen LogP contribution is -2.03. The lowest BCUT2D eigenvalue weighted by atomic mass is 10.1. The monoisotopic (exact) mass is 360 g/mol. The summed E-state index contributed by atoms with van der Waals surface area (Å²) >= 11 is 2.98. The van der Waals surface area contributed by atoms with Gasteiger partial charge in [0.1, 0.15) is 10.8 Å². The van der Waals surface area contributed by atoms with E-state index in [1.807, 2.05) is 0 Å². The van der Waals surface area contributed by atoms with E-state index in [0.717, 1.165) is 20.3 Å². The molecule has 0 fully saturated rings. The molecule has 0 amide bonds. The highest BCUT2D eigenvalue weighted by molar-refractivity contribution is 7.99. The lowest BCUT2D eigenvalue weighted by Gasteiger charge is -2.03. The van der Waals surface area contributed by atoms with Crippen LogP contribution >= 0.6 is 23.3 Å². The summed E-state index contributed by atoms with van der Waals surface area (Å²) in [4.78, 5) is 15.1. The number of aromatic nitrogens is 1. The molecule has 0 saturated heterocycles. The maximum absolute atomic E-state index is 12.9. The van der Waals surface area contributed by atoms with Gasteiger partial charge in [0.05, 0.1) is 16.0 Å². The summed E-state index contributed by atoms with van der Waals surface area (Å²) in [5.74, 6) is -1.19. The number of hydrogen-bond acceptors (Lipinski definition) is 5. The van der Waals surface area contributed by atoms with Gasteiger partial charge < -0.3 is 5.11 Å². The minimum atomic E-state index is -0.929. The molecule has 0 spiro atoms. The van der Waals surface area contributed by atoms with Crippen molar-refractivity contribution in [2.24, 2.45) is 0 Å². The quantitative estimate of drug-likeness (QED) is 0.636. The van der Waals surface area contributed by atoms with Gasteiger partial charge in [-0.2, -0.15) is 0 Å². The van der Waals surface area contributed by atoms with E-state index >= 15 is 0 Å². The van der Waals surface area contributed by atoms with E-state index < -0.39 is 5.97 Å². The first-order chi connectivity index (χ1) is 11.6. The Morgan fingerprint density at radius 1 is 1.17 bits per heavy atom. The molecule has 1 aromatic heterocycles. The molecule has 3 rings (SSSR count). The number of benzene rings is 2. The van der Waals surface area contributed by atoms with Crippen molar-refractivity contribution >= 4 is 29.3 Å². The average molecular weight is 360 g/mol. The topological polar surface area (TPSA) is 62.2 Å². The number of carboxylic acids is 1. The Kier molecular flexibility index (Phi) is 5.24. The summed E-state index contributed by atoms with van der Waals surface area (Å²) in [6, 6.07) is 13.0. The van der Waals surface area contributed by atoms with E-state index in [-0.39, 0.29) is 11.4 Å². The van der Waals surface area contributed by atoms with Crippen LogP contribution in [0.3, 0.4) is 0 Å². The predicted octanol–water partition coefficient (Wildman–Crippen LogP) is 4.44. The van der Waals surface area contributed by atoms with Crippen LogP contribution in [0, 0.1) is 5.82 Å². The van der Waals surface area contributed by atoms with Crippen LogP contribution in [-0.4, -0.2) is 16.1 Å². The van der Waals surface area contributed by atoms with Gasteiger partial charge in [-0.25, -0.2) is 14.2 Å². The fourth-order valence-corrected chi connectivity index (χ4v) is 3.71. The van der Waals surface area contributed by atoms with Crippen molar-refractivity contribution in [3.05, 3.63) is 71.7 Å². The Morgan fingerprint density at radius 2 is 1.88 bits per heavy atom. The molecule has 122 valence electrons. The van der Waals surface area contributed by atoms with Crippen molar-refractivity contribution < 1.29 is 14.3 Å². The van der Waals surface area contributed by atoms with Crippen molar-refractivity contribution in [2.75, 3.05) is 0 Å². The maximum atomic E-state index is 12.9. The van der Waals surface area contributed by atoms with Gasteiger partial charge >= 0.3 is 5.97 Å².